The Labute approximate surface area is 105 Å². The minimum atomic E-state index is -0.970. The van der Waals surface area contributed by atoms with Crippen molar-refractivity contribution in [3.63, 3.8) is 0 Å². The molecule has 7 nitrogen and oxygen atoms in total. The van der Waals surface area contributed by atoms with Crippen LogP contribution < -0.4 is 5.32 Å². The molecule has 0 aliphatic carbocycles. The molecule has 1 aliphatic heterocycles. The van der Waals surface area contributed by atoms with Crippen LogP contribution in [-0.2, 0) is 9.53 Å². The summed E-state index contributed by atoms with van der Waals surface area (Å²) in [4.78, 5) is 15.5. The Morgan fingerprint density at radius 2 is 2.17 bits per heavy atom. The number of ether oxygens (including phenoxy) is 1. The molecule has 2 heterocycles. The lowest BCUT2D eigenvalue weighted by molar-refractivity contribution is -0.148. The molecular weight excluding hydrogens is 236 g/mol. The van der Waals surface area contributed by atoms with Crippen LogP contribution in [0.3, 0.4) is 0 Å². The predicted molar refractivity (Wildman–Crippen MR) is 63.3 cm³/mol. The maximum absolute atomic E-state index is 11.3. The van der Waals surface area contributed by atoms with E-state index in [4.69, 9.17) is 4.74 Å². The van der Waals surface area contributed by atoms with E-state index in [0.29, 0.717) is 12.6 Å². The molecule has 98 valence electrons. The average Bonchev–Trinajstić information content (AvgIpc) is 2.67. The number of nitrogens with one attached hydrogen (secondary N) is 1. The fourth-order valence-electron chi connectivity index (χ4n) is 1.76. The molecule has 1 fully saturated rings. The van der Waals surface area contributed by atoms with Gasteiger partial charge < -0.3 is 15.2 Å². The third-order valence-electron chi connectivity index (χ3n) is 3.34. The topological polar surface area (TPSA) is 97.2 Å². The molecule has 0 amide bonds. The van der Waals surface area contributed by atoms with Crippen LogP contribution in [0.2, 0.25) is 0 Å². The Kier molecular flexibility index (Phi) is 3.16. The second kappa shape index (κ2) is 4.49. The summed E-state index contributed by atoms with van der Waals surface area (Å²) >= 11 is 0. The second-order valence-corrected chi connectivity index (χ2v) is 4.74. The van der Waals surface area contributed by atoms with Crippen molar-refractivity contribution in [2.24, 2.45) is 5.41 Å². The van der Waals surface area contributed by atoms with Crippen LogP contribution in [0.5, 0.6) is 0 Å². The highest BCUT2D eigenvalue weighted by atomic mass is 16.5. The summed E-state index contributed by atoms with van der Waals surface area (Å²) in [6, 6.07) is -0.362. The zero-order chi connectivity index (χ0) is 13.3. The number of hydrogen-bond acceptors (Lipinski definition) is 6. The molecule has 18 heavy (non-hydrogen) atoms. The van der Waals surface area contributed by atoms with Crippen molar-refractivity contribution >= 4 is 11.9 Å². The molecular formula is C11H16N4O3. The fourth-order valence-corrected chi connectivity index (χ4v) is 1.76. The third-order valence-corrected chi connectivity index (χ3v) is 3.34. The first-order valence-corrected chi connectivity index (χ1v) is 5.69. The molecule has 0 aromatic carbocycles. The van der Waals surface area contributed by atoms with Crippen molar-refractivity contribution in [1.82, 2.24) is 15.2 Å². The molecule has 1 aliphatic rings. The minimum Gasteiger partial charge on any atom is -0.481 e. The lowest BCUT2D eigenvalue weighted by Gasteiger charge is -2.25. The van der Waals surface area contributed by atoms with Crippen molar-refractivity contribution in [1.29, 1.82) is 0 Å². The highest BCUT2D eigenvalue weighted by Crippen LogP contribution is 2.30. The summed E-state index contributed by atoms with van der Waals surface area (Å²) in [5.41, 5.74) is 0.551. The number of carbonyl (C=O) groups is 1. The van der Waals surface area contributed by atoms with Gasteiger partial charge in [-0.2, -0.15) is 5.10 Å². The fraction of sp³-hybridized carbons (Fsp3) is 0.636. The molecule has 2 atom stereocenters. The molecule has 0 bridgehead atoms. The number of hydrogen-bond donors (Lipinski definition) is 2. The highest BCUT2D eigenvalue weighted by molar-refractivity contribution is 5.76. The highest BCUT2D eigenvalue weighted by Gasteiger charge is 2.47. The van der Waals surface area contributed by atoms with Gasteiger partial charge in [-0.25, -0.2) is 4.98 Å². The van der Waals surface area contributed by atoms with E-state index < -0.39 is 11.4 Å². The number of anilines is 1. The SMILES string of the molecule is Cc1nnc(NC2COCC2(C)C(=O)O)nc1C. The van der Waals surface area contributed by atoms with E-state index in [9.17, 15) is 9.90 Å². The molecule has 2 unspecified atom stereocenters. The first kappa shape index (κ1) is 12.7. The monoisotopic (exact) mass is 252 g/mol. The van der Waals surface area contributed by atoms with E-state index in [2.05, 4.69) is 20.5 Å². The van der Waals surface area contributed by atoms with Gasteiger partial charge >= 0.3 is 5.97 Å². The Morgan fingerprint density at radius 1 is 1.44 bits per heavy atom. The van der Waals surface area contributed by atoms with Gasteiger partial charge in [-0.05, 0) is 20.8 Å². The van der Waals surface area contributed by atoms with Crippen LogP contribution >= 0.6 is 0 Å². The normalized spacial score (nSPS) is 27.2. The molecule has 1 saturated heterocycles. The third kappa shape index (κ3) is 2.13. The van der Waals surface area contributed by atoms with Crippen molar-refractivity contribution in [3.05, 3.63) is 11.4 Å². The number of nitrogens with zero attached hydrogens (tertiary/aromatic N) is 3. The maximum Gasteiger partial charge on any atom is 0.313 e. The van der Waals surface area contributed by atoms with E-state index in [-0.39, 0.29) is 12.6 Å². The van der Waals surface area contributed by atoms with Gasteiger partial charge in [-0.3, -0.25) is 4.79 Å². The minimum absolute atomic E-state index is 0.179. The molecule has 0 spiro atoms. The molecule has 2 rings (SSSR count). The summed E-state index contributed by atoms with van der Waals surface area (Å²) in [7, 11) is 0. The predicted octanol–water partition coefficient (Wildman–Crippen LogP) is 0.390. The van der Waals surface area contributed by atoms with Gasteiger partial charge in [0.2, 0.25) is 5.95 Å². The molecule has 1 aromatic heterocycles. The van der Waals surface area contributed by atoms with Crippen LogP contribution in [-0.4, -0.2) is 45.5 Å². The van der Waals surface area contributed by atoms with Crippen LogP contribution in [0.1, 0.15) is 18.3 Å². The summed E-state index contributed by atoms with van der Waals surface area (Å²) in [6.45, 7) is 5.79. The van der Waals surface area contributed by atoms with Crippen LogP contribution in [0.15, 0.2) is 0 Å². The molecule has 7 heteroatoms. The van der Waals surface area contributed by atoms with Gasteiger partial charge in [-0.1, -0.05) is 0 Å². The van der Waals surface area contributed by atoms with Gasteiger partial charge in [0.15, 0.2) is 0 Å². The van der Waals surface area contributed by atoms with Gasteiger partial charge in [-0.15, -0.1) is 5.10 Å². The lowest BCUT2D eigenvalue weighted by Crippen LogP contribution is -2.43. The van der Waals surface area contributed by atoms with E-state index in [1.807, 2.05) is 13.8 Å². The quantitative estimate of drug-likeness (QED) is 0.803. The van der Waals surface area contributed by atoms with Crippen LogP contribution in [0.25, 0.3) is 0 Å². The number of aliphatic carboxylic acids is 1. The van der Waals surface area contributed by atoms with E-state index in [1.165, 1.54) is 0 Å². The first-order valence-electron chi connectivity index (χ1n) is 5.69. The van der Waals surface area contributed by atoms with Crippen LogP contribution in [0, 0.1) is 19.3 Å². The molecule has 0 radical (unpaired) electrons. The van der Waals surface area contributed by atoms with Gasteiger partial charge in [0.05, 0.1) is 30.6 Å². The number of rotatable bonds is 3. The van der Waals surface area contributed by atoms with Crippen molar-refractivity contribution in [3.8, 4) is 0 Å². The Balaban J connectivity index is 2.18. The number of aromatic nitrogens is 3. The molecule has 2 N–H and O–H groups in total. The van der Waals surface area contributed by atoms with Crippen molar-refractivity contribution in [2.75, 3.05) is 18.5 Å². The van der Waals surface area contributed by atoms with Crippen molar-refractivity contribution in [2.45, 2.75) is 26.8 Å². The van der Waals surface area contributed by atoms with E-state index in [0.717, 1.165) is 11.4 Å². The number of carboxylic acid groups (broad SMARTS) is 1. The summed E-state index contributed by atoms with van der Waals surface area (Å²) in [5.74, 6) is -0.560. The van der Waals surface area contributed by atoms with Gasteiger partial charge in [0.1, 0.15) is 5.41 Å². The van der Waals surface area contributed by atoms with Gasteiger partial charge in [0, 0.05) is 0 Å². The second-order valence-electron chi connectivity index (χ2n) is 4.74. The Bertz CT molecular complexity index is 479. The van der Waals surface area contributed by atoms with Crippen molar-refractivity contribution < 1.29 is 14.6 Å². The summed E-state index contributed by atoms with van der Waals surface area (Å²) < 4.78 is 5.24. The Hall–Kier alpha value is -1.76. The van der Waals surface area contributed by atoms with E-state index >= 15 is 0 Å². The maximum atomic E-state index is 11.3. The standard InChI is InChI=1S/C11H16N4O3/c1-6-7(2)14-15-10(12-6)13-8-4-18-5-11(8,3)9(16)17/h8H,4-5H2,1-3H3,(H,16,17)(H,12,13,15). The summed E-state index contributed by atoms with van der Waals surface area (Å²) in [5, 5.41) is 20.1. The summed E-state index contributed by atoms with van der Waals surface area (Å²) in [6.07, 6.45) is 0. The van der Waals surface area contributed by atoms with E-state index in [1.54, 1.807) is 6.92 Å². The van der Waals surface area contributed by atoms with Gasteiger partial charge in [0.25, 0.3) is 0 Å². The smallest absolute Gasteiger partial charge is 0.313 e. The lowest BCUT2D eigenvalue weighted by atomic mass is 9.85. The molecule has 0 saturated carbocycles. The number of aryl methyl sites for hydroxylation is 2. The number of carboxylic acids is 1. The first-order chi connectivity index (χ1) is 8.43. The van der Waals surface area contributed by atoms with Crippen LogP contribution in [0.4, 0.5) is 5.95 Å². The zero-order valence-corrected chi connectivity index (χ0v) is 10.6. The average molecular weight is 252 g/mol. The Morgan fingerprint density at radius 3 is 2.78 bits per heavy atom. The molecule has 1 aromatic rings. The zero-order valence-electron chi connectivity index (χ0n) is 10.6. The largest absolute Gasteiger partial charge is 0.481 e.